The Balaban J connectivity index is 2.18. The smallest absolute Gasteiger partial charge is 0.303 e. The van der Waals surface area contributed by atoms with E-state index in [1.54, 1.807) is 0 Å². The Morgan fingerprint density at radius 3 is 2.43 bits per heavy atom. The number of carboxylic acids is 1. The van der Waals surface area contributed by atoms with Crippen molar-refractivity contribution in [3.8, 4) is 0 Å². The van der Waals surface area contributed by atoms with E-state index in [0.717, 1.165) is 18.4 Å². The maximum Gasteiger partial charge on any atom is 0.303 e. The number of unbranched alkanes of at least 4 members (excludes halogenated alkanes) is 2. The summed E-state index contributed by atoms with van der Waals surface area (Å²) in [5.74, 6) is -0.242. The molecule has 0 spiro atoms. The zero-order chi connectivity index (χ0) is 17.1. The summed E-state index contributed by atoms with van der Waals surface area (Å²) in [5, 5.41) is 11.4. The van der Waals surface area contributed by atoms with E-state index in [1.807, 2.05) is 12.2 Å². The average molecular weight is 317 g/mol. The molecule has 0 unspecified atom stereocenters. The second kappa shape index (κ2) is 10.6. The molecule has 0 saturated heterocycles. The highest BCUT2D eigenvalue weighted by atomic mass is 16.4. The monoisotopic (exact) mass is 317 g/mol. The lowest BCUT2D eigenvalue weighted by atomic mass is 10.0. The van der Waals surface area contributed by atoms with Gasteiger partial charge in [-0.2, -0.15) is 0 Å². The summed E-state index contributed by atoms with van der Waals surface area (Å²) in [6, 6.07) is 8.35. The van der Waals surface area contributed by atoms with Crippen LogP contribution in [0.5, 0.6) is 0 Å². The van der Waals surface area contributed by atoms with Gasteiger partial charge in [0.1, 0.15) is 0 Å². The second-order valence-electron chi connectivity index (χ2n) is 5.98. The largest absolute Gasteiger partial charge is 0.481 e. The highest BCUT2D eigenvalue weighted by Crippen LogP contribution is 2.15. The van der Waals surface area contributed by atoms with Gasteiger partial charge in [-0.05, 0) is 29.9 Å². The number of aliphatic carboxylic acids is 1. The first-order chi connectivity index (χ1) is 11.0. The number of rotatable bonds is 10. The van der Waals surface area contributed by atoms with Gasteiger partial charge in [-0.15, -0.1) is 0 Å². The molecule has 0 radical (unpaired) electrons. The SMILES string of the molecule is CC(C)c1ccc(/C=C/CC(=O)NCCCCCC(=O)O)cc1. The number of nitrogens with one attached hydrogen (secondary N) is 1. The first kappa shape index (κ1) is 18.9. The van der Waals surface area contributed by atoms with Crippen molar-refractivity contribution in [1.82, 2.24) is 5.32 Å². The zero-order valence-electron chi connectivity index (χ0n) is 14.0. The molecule has 4 nitrogen and oxygen atoms in total. The fourth-order valence-corrected chi connectivity index (χ4v) is 2.17. The summed E-state index contributed by atoms with van der Waals surface area (Å²) in [6.45, 7) is 4.93. The normalized spacial score (nSPS) is 11.1. The van der Waals surface area contributed by atoms with E-state index in [-0.39, 0.29) is 12.3 Å². The van der Waals surface area contributed by atoms with E-state index in [9.17, 15) is 9.59 Å². The van der Waals surface area contributed by atoms with E-state index < -0.39 is 5.97 Å². The van der Waals surface area contributed by atoms with Crippen molar-refractivity contribution in [2.24, 2.45) is 0 Å². The van der Waals surface area contributed by atoms with Crippen LogP contribution in [0.15, 0.2) is 30.3 Å². The number of carboxylic acid groups (broad SMARTS) is 1. The third-order valence-corrected chi connectivity index (χ3v) is 3.61. The topological polar surface area (TPSA) is 66.4 Å². The minimum atomic E-state index is -0.763. The van der Waals surface area contributed by atoms with Crippen LogP contribution >= 0.6 is 0 Å². The van der Waals surface area contributed by atoms with E-state index in [4.69, 9.17) is 5.11 Å². The molecule has 0 bridgehead atoms. The quantitative estimate of drug-likeness (QED) is 0.642. The summed E-state index contributed by atoms with van der Waals surface area (Å²) >= 11 is 0. The Kier molecular flexibility index (Phi) is 8.73. The van der Waals surface area contributed by atoms with Crippen molar-refractivity contribution in [3.05, 3.63) is 41.5 Å². The van der Waals surface area contributed by atoms with Crippen LogP contribution in [0.1, 0.15) is 63.0 Å². The van der Waals surface area contributed by atoms with Gasteiger partial charge in [0, 0.05) is 19.4 Å². The van der Waals surface area contributed by atoms with Crippen molar-refractivity contribution in [2.45, 2.75) is 51.9 Å². The minimum Gasteiger partial charge on any atom is -0.481 e. The van der Waals surface area contributed by atoms with Gasteiger partial charge < -0.3 is 10.4 Å². The molecule has 0 aromatic heterocycles. The van der Waals surface area contributed by atoms with Gasteiger partial charge in [0.05, 0.1) is 0 Å². The van der Waals surface area contributed by atoms with Gasteiger partial charge in [0.15, 0.2) is 0 Å². The van der Waals surface area contributed by atoms with E-state index in [1.165, 1.54) is 5.56 Å². The molecule has 2 N–H and O–H groups in total. The van der Waals surface area contributed by atoms with Gasteiger partial charge in [0.2, 0.25) is 5.91 Å². The number of hydrogen-bond donors (Lipinski definition) is 2. The summed E-state index contributed by atoms with van der Waals surface area (Å²) in [7, 11) is 0. The third kappa shape index (κ3) is 8.81. The summed E-state index contributed by atoms with van der Waals surface area (Å²) in [6.07, 6.45) is 6.69. The van der Waals surface area contributed by atoms with Crippen molar-refractivity contribution >= 4 is 18.0 Å². The number of amides is 1. The van der Waals surface area contributed by atoms with Crippen LogP contribution in [-0.2, 0) is 9.59 Å². The lowest BCUT2D eigenvalue weighted by Crippen LogP contribution is -2.23. The minimum absolute atomic E-state index is 0.00159. The average Bonchev–Trinajstić information content (AvgIpc) is 2.51. The Labute approximate surface area is 138 Å². The number of carbonyl (C=O) groups excluding carboxylic acids is 1. The van der Waals surface area contributed by atoms with Crippen LogP contribution < -0.4 is 5.32 Å². The zero-order valence-corrected chi connectivity index (χ0v) is 14.0. The highest BCUT2D eigenvalue weighted by Gasteiger charge is 2.00. The van der Waals surface area contributed by atoms with Gasteiger partial charge in [-0.3, -0.25) is 9.59 Å². The van der Waals surface area contributed by atoms with Crippen molar-refractivity contribution in [3.63, 3.8) is 0 Å². The molecule has 1 rings (SSSR count). The Morgan fingerprint density at radius 1 is 1.13 bits per heavy atom. The molecule has 1 aromatic carbocycles. The van der Waals surface area contributed by atoms with Crippen molar-refractivity contribution in [2.75, 3.05) is 6.54 Å². The van der Waals surface area contributed by atoms with Gasteiger partial charge in [-0.1, -0.05) is 56.7 Å². The molecule has 23 heavy (non-hydrogen) atoms. The summed E-state index contributed by atoms with van der Waals surface area (Å²) in [4.78, 5) is 22.0. The predicted molar refractivity (Wildman–Crippen MR) is 93.3 cm³/mol. The maximum atomic E-state index is 11.7. The molecule has 0 aliphatic heterocycles. The molecule has 4 heteroatoms. The number of benzene rings is 1. The lowest BCUT2D eigenvalue weighted by Gasteiger charge is -2.05. The number of carbonyl (C=O) groups is 2. The van der Waals surface area contributed by atoms with E-state index >= 15 is 0 Å². The Hall–Kier alpha value is -2.10. The molecular weight excluding hydrogens is 290 g/mol. The molecule has 0 heterocycles. The van der Waals surface area contributed by atoms with Crippen LogP contribution in [0.2, 0.25) is 0 Å². The standard InChI is InChI=1S/C19H27NO3/c1-15(2)17-12-10-16(11-13-17)7-6-8-18(21)20-14-5-3-4-9-19(22)23/h6-7,10-13,15H,3-5,8-9,14H2,1-2H3,(H,20,21)(H,22,23)/b7-6+. The van der Waals surface area contributed by atoms with Crippen LogP contribution in [0, 0.1) is 0 Å². The first-order valence-electron chi connectivity index (χ1n) is 8.24. The van der Waals surface area contributed by atoms with Crippen molar-refractivity contribution in [1.29, 1.82) is 0 Å². The van der Waals surface area contributed by atoms with E-state index in [0.29, 0.717) is 25.3 Å². The Bertz CT molecular complexity index is 518. The number of hydrogen-bond acceptors (Lipinski definition) is 2. The molecule has 0 aliphatic rings. The fourth-order valence-electron chi connectivity index (χ4n) is 2.17. The maximum absolute atomic E-state index is 11.7. The Morgan fingerprint density at radius 2 is 1.83 bits per heavy atom. The molecule has 1 aromatic rings. The highest BCUT2D eigenvalue weighted by molar-refractivity contribution is 5.78. The van der Waals surface area contributed by atoms with Gasteiger partial charge >= 0.3 is 5.97 Å². The molecular formula is C19H27NO3. The van der Waals surface area contributed by atoms with Crippen LogP contribution in [0.3, 0.4) is 0 Å². The molecule has 0 fully saturated rings. The second-order valence-corrected chi connectivity index (χ2v) is 5.98. The summed E-state index contributed by atoms with van der Waals surface area (Å²) < 4.78 is 0. The lowest BCUT2D eigenvalue weighted by molar-refractivity contribution is -0.137. The fraction of sp³-hybridized carbons (Fsp3) is 0.474. The van der Waals surface area contributed by atoms with Crippen molar-refractivity contribution < 1.29 is 14.7 Å². The summed E-state index contributed by atoms with van der Waals surface area (Å²) in [5.41, 5.74) is 2.40. The predicted octanol–water partition coefficient (Wildman–Crippen LogP) is 3.97. The van der Waals surface area contributed by atoms with Gasteiger partial charge in [-0.25, -0.2) is 0 Å². The van der Waals surface area contributed by atoms with E-state index in [2.05, 4.69) is 43.4 Å². The first-order valence-corrected chi connectivity index (χ1v) is 8.24. The molecule has 0 atom stereocenters. The van der Waals surface area contributed by atoms with Crippen LogP contribution in [-0.4, -0.2) is 23.5 Å². The van der Waals surface area contributed by atoms with Crippen LogP contribution in [0.25, 0.3) is 6.08 Å². The molecule has 126 valence electrons. The third-order valence-electron chi connectivity index (χ3n) is 3.61. The van der Waals surface area contributed by atoms with Crippen LogP contribution in [0.4, 0.5) is 0 Å². The molecule has 1 amide bonds. The molecule has 0 aliphatic carbocycles. The van der Waals surface area contributed by atoms with Gasteiger partial charge in [0.25, 0.3) is 0 Å². The molecule has 0 saturated carbocycles.